The van der Waals surface area contributed by atoms with Crippen molar-refractivity contribution in [1.29, 1.82) is 0 Å². The standard InChI is InChI=1S/C28H52N/c1-5-6-7-8-9-10-11-12-13-14-15-16-17-18-19-20-22-27-23-21-24-28(25-27)26-29(2,3)4/h21,23-25H,5-20,22,26H2,1-4H3/q+1. The fourth-order valence-electron chi connectivity index (χ4n) is 4.31. The zero-order valence-electron chi connectivity index (χ0n) is 20.5. The van der Waals surface area contributed by atoms with E-state index in [9.17, 15) is 0 Å². The highest BCUT2D eigenvalue weighted by Gasteiger charge is 2.08. The molecule has 0 saturated heterocycles. The molecule has 0 N–H and O–H groups in total. The molecule has 0 spiro atoms. The predicted octanol–water partition coefficient (Wildman–Crippen LogP) is 8.70. The molecule has 0 aromatic heterocycles. The molecule has 0 bridgehead atoms. The fourth-order valence-corrected chi connectivity index (χ4v) is 4.31. The van der Waals surface area contributed by atoms with Gasteiger partial charge in [0, 0.05) is 5.56 Å². The first kappa shape index (κ1) is 26.2. The molecule has 0 fully saturated rings. The second-order valence-corrected chi connectivity index (χ2v) is 10.3. The van der Waals surface area contributed by atoms with Gasteiger partial charge in [0.05, 0.1) is 21.1 Å². The number of rotatable bonds is 19. The van der Waals surface area contributed by atoms with Crippen LogP contribution in [-0.4, -0.2) is 25.6 Å². The molecule has 1 nitrogen and oxygen atoms in total. The molecule has 1 aromatic carbocycles. The molecule has 0 aliphatic rings. The molecule has 1 heteroatoms. The van der Waals surface area contributed by atoms with E-state index in [1.807, 2.05) is 0 Å². The first-order valence-electron chi connectivity index (χ1n) is 12.9. The highest BCUT2D eigenvalue weighted by atomic mass is 15.3. The number of benzene rings is 1. The highest BCUT2D eigenvalue weighted by Crippen LogP contribution is 2.16. The van der Waals surface area contributed by atoms with Crippen LogP contribution >= 0.6 is 0 Å². The van der Waals surface area contributed by atoms with Gasteiger partial charge in [0.25, 0.3) is 0 Å². The van der Waals surface area contributed by atoms with Crippen LogP contribution in [0, 0.1) is 0 Å². The average molecular weight is 403 g/mol. The van der Waals surface area contributed by atoms with Gasteiger partial charge in [-0.05, 0) is 18.4 Å². The van der Waals surface area contributed by atoms with E-state index in [1.54, 1.807) is 0 Å². The minimum absolute atomic E-state index is 1.00. The summed E-state index contributed by atoms with van der Waals surface area (Å²) in [7, 11) is 6.80. The number of aryl methyl sites for hydroxylation is 1. The molecule has 0 aliphatic heterocycles. The minimum Gasteiger partial charge on any atom is -0.327 e. The van der Waals surface area contributed by atoms with E-state index in [0.717, 1.165) is 11.0 Å². The lowest BCUT2D eigenvalue weighted by Crippen LogP contribution is -2.33. The van der Waals surface area contributed by atoms with Crippen molar-refractivity contribution in [1.82, 2.24) is 0 Å². The third-order valence-electron chi connectivity index (χ3n) is 5.97. The van der Waals surface area contributed by atoms with E-state index in [4.69, 9.17) is 0 Å². The van der Waals surface area contributed by atoms with E-state index >= 15 is 0 Å². The molecule has 168 valence electrons. The van der Waals surface area contributed by atoms with Crippen LogP contribution in [0.4, 0.5) is 0 Å². The van der Waals surface area contributed by atoms with Gasteiger partial charge in [-0.1, -0.05) is 128 Å². The summed E-state index contributed by atoms with van der Waals surface area (Å²) in [6, 6.07) is 9.26. The lowest BCUT2D eigenvalue weighted by Gasteiger charge is -2.24. The van der Waals surface area contributed by atoms with Gasteiger partial charge in [-0.15, -0.1) is 0 Å². The molecule has 0 unspecified atom stereocenters. The Hall–Kier alpha value is -0.820. The molecule has 0 radical (unpaired) electrons. The van der Waals surface area contributed by atoms with Crippen molar-refractivity contribution in [2.45, 2.75) is 123 Å². The Balaban J connectivity index is 1.89. The van der Waals surface area contributed by atoms with Crippen molar-refractivity contribution in [2.24, 2.45) is 0 Å². The number of quaternary nitrogens is 1. The normalized spacial score (nSPS) is 11.9. The first-order chi connectivity index (χ1) is 14.0. The van der Waals surface area contributed by atoms with Crippen molar-refractivity contribution >= 4 is 0 Å². The summed E-state index contributed by atoms with van der Waals surface area (Å²) >= 11 is 0. The number of hydrogen-bond acceptors (Lipinski definition) is 0. The van der Waals surface area contributed by atoms with Gasteiger partial charge in [-0.25, -0.2) is 0 Å². The van der Waals surface area contributed by atoms with Crippen LogP contribution in [-0.2, 0) is 13.0 Å². The number of unbranched alkanes of at least 4 members (excludes halogenated alkanes) is 15. The van der Waals surface area contributed by atoms with Crippen LogP contribution in [0.2, 0.25) is 0 Å². The molecular weight excluding hydrogens is 350 g/mol. The van der Waals surface area contributed by atoms with E-state index in [1.165, 1.54) is 120 Å². The smallest absolute Gasteiger partial charge is 0.104 e. The van der Waals surface area contributed by atoms with Crippen LogP contribution in [0.1, 0.15) is 121 Å². The Morgan fingerprint density at radius 2 is 0.966 bits per heavy atom. The van der Waals surface area contributed by atoms with E-state index in [2.05, 4.69) is 52.3 Å². The summed E-state index contributed by atoms with van der Waals surface area (Å²) in [5.41, 5.74) is 3.01. The summed E-state index contributed by atoms with van der Waals surface area (Å²) in [5.74, 6) is 0. The van der Waals surface area contributed by atoms with E-state index in [-0.39, 0.29) is 0 Å². The SMILES string of the molecule is CCCCCCCCCCCCCCCCCCc1cccc(C[N+](C)(C)C)c1. The topological polar surface area (TPSA) is 0 Å². The Morgan fingerprint density at radius 3 is 1.41 bits per heavy atom. The molecule has 0 saturated carbocycles. The Bertz CT molecular complexity index is 485. The maximum absolute atomic E-state index is 2.43. The Labute approximate surface area is 183 Å². The fraction of sp³-hybridized carbons (Fsp3) is 0.786. The second kappa shape index (κ2) is 16.9. The maximum Gasteiger partial charge on any atom is 0.104 e. The van der Waals surface area contributed by atoms with Gasteiger partial charge >= 0.3 is 0 Å². The number of hydrogen-bond donors (Lipinski definition) is 0. The quantitative estimate of drug-likeness (QED) is 0.160. The van der Waals surface area contributed by atoms with Gasteiger partial charge < -0.3 is 4.48 Å². The van der Waals surface area contributed by atoms with Crippen LogP contribution in [0.15, 0.2) is 24.3 Å². The van der Waals surface area contributed by atoms with Crippen LogP contribution in [0.25, 0.3) is 0 Å². The lowest BCUT2D eigenvalue weighted by atomic mass is 10.0. The zero-order valence-corrected chi connectivity index (χ0v) is 20.5. The minimum atomic E-state index is 1.00. The predicted molar refractivity (Wildman–Crippen MR) is 131 cm³/mol. The third kappa shape index (κ3) is 16.6. The highest BCUT2D eigenvalue weighted by molar-refractivity contribution is 5.23. The third-order valence-corrected chi connectivity index (χ3v) is 5.97. The maximum atomic E-state index is 2.43. The monoisotopic (exact) mass is 402 g/mol. The van der Waals surface area contributed by atoms with Crippen LogP contribution < -0.4 is 0 Å². The average Bonchev–Trinajstić information content (AvgIpc) is 2.66. The summed E-state index contributed by atoms with van der Waals surface area (Å²) in [6.07, 6.45) is 24.4. The van der Waals surface area contributed by atoms with Crippen LogP contribution in [0.5, 0.6) is 0 Å². The summed E-state index contributed by atoms with van der Waals surface area (Å²) in [5, 5.41) is 0. The molecule has 29 heavy (non-hydrogen) atoms. The van der Waals surface area contributed by atoms with Gasteiger partial charge in [-0.3, -0.25) is 0 Å². The van der Waals surface area contributed by atoms with Crippen LogP contribution in [0.3, 0.4) is 0 Å². The summed E-state index contributed by atoms with van der Waals surface area (Å²) in [6.45, 7) is 3.42. The Kier molecular flexibility index (Phi) is 15.3. The summed E-state index contributed by atoms with van der Waals surface area (Å²) < 4.78 is 1.00. The van der Waals surface area contributed by atoms with Crippen molar-refractivity contribution in [3.05, 3.63) is 35.4 Å². The molecule has 1 aromatic rings. The van der Waals surface area contributed by atoms with Crippen molar-refractivity contribution in [2.75, 3.05) is 21.1 Å². The van der Waals surface area contributed by atoms with Gasteiger partial charge in [-0.2, -0.15) is 0 Å². The second-order valence-electron chi connectivity index (χ2n) is 10.3. The molecule has 0 atom stereocenters. The van der Waals surface area contributed by atoms with E-state index < -0.39 is 0 Å². The molecule has 0 heterocycles. The number of nitrogens with zero attached hydrogens (tertiary/aromatic N) is 1. The van der Waals surface area contributed by atoms with Crippen molar-refractivity contribution in [3.63, 3.8) is 0 Å². The van der Waals surface area contributed by atoms with E-state index in [0.29, 0.717) is 0 Å². The summed E-state index contributed by atoms with van der Waals surface area (Å²) in [4.78, 5) is 0. The molecular formula is C28H52N+. The van der Waals surface area contributed by atoms with Gasteiger partial charge in [0.15, 0.2) is 0 Å². The van der Waals surface area contributed by atoms with Gasteiger partial charge in [0.1, 0.15) is 6.54 Å². The molecule has 0 amide bonds. The molecule has 0 aliphatic carbocycles. The Morgan fingerprint density at radius 1 is 0.552 bits per heavy atom. The zero-order chi connectivity index (χ0) is 21.2. The largest absolute Gasteiger partial charge is 0.327 e. The lowest BCUT2D eigenvalue weighted by molar-refractivity contribution is -0.884. The molecule has 1 rings (SSSR count). The van der Waals surface area contributed by atoms with Crippen molar-refractivity contribution in [3.8, 4) is 0 Å². The first-order valence-corrected chi connectivity index (χ1v) is 12.9. The van der Waals surface area contributed by atoms with Gasteiger partial charge in [0.2, 0.25) is 0 Å². The van der Waals surface area contributed by atoms with Crippen molar-refractivity contribution < 1.29 is 4.48 Å².